The highest BCUT2D eigenvalue weighted by Crippen LogP contribution is 2.35. The molecule has 1 aliphatic carbocycles. The predicted molar refractivity (Wildman–Crippen MR) is 117 cm³/mol. The Bertz CT molecular complexity index is 1360. The van der Waals surface area contributed by atoms with Crippen molar-refractivity contribution in [2.24, 2.45) is 7.05 Å². The average molecular weight is 379 g/mol. The van der Waals surface area contributed by atoms with Gasteiger partial charge in [-0.15, -0.1) is 0 Å². The van der Waals surface area contributed by atoms with Crippen LogP contribution < -0.4 is 5.32 Å². The second kappa shape index (κ2) is 6.24. The monoisotopic (exact) mass is 379 g/mol. The van der Waals surface area contributed by atoms with Crippen LogP contribution in [0.25, 0.3) is 33.1 Å². The predicted octanol–water partition coefficient (Wildman–Crippen LogP) is 6.09. The Hall–Kier alpha value is -3.53. The third kappa shape index (κ3) is 2.71. The van der Waals surface area contributed by atoms with Crippen LogP contribution in [0.3, 0.4) is 0 Å². The number of hydrogen-bond donors (Lipinski definition) is 1. The summed E-state index contributed by atoms with van der Waals surface area (Å²) >= 11 is 0. The first-order valence-corrected chi connectivity index (χ1v) is 10.0. The Morgan fingerprint density at radius 1 is 1.00 bits per heavy atom. The Balaban J connectivity index is 1.32. The van der Waals surface area contributed by atoms with Crippen LogP contribution in [0.4, 0.5) is 6.01 Å². The molecule has 0 saturated heterocycles. The van der Waals surface area contributed by atoms with Gasteiger partial charge in [-0.05, 0) is 65.4 Å². The van der Waals surface area contributed by atoms with Gasteiger partial charge in [0.1, 0.15) is 5.52 Å². The quantitative estimate of drug-likeness (QED) is 0.413. The summed E-state index contributed by atoms with van der Waals surface area (Å²) < 4.78 is 8.12. The summed E-state index contributed by atoms with van der Waals surface area (Å²) in [6.45, 7) is 0. The van der Waals surface area contributed by atoms with Crippen LogP contribution in [0.1, 0.15) is 23.6 Å². The molecular formula is C25H21N3O. The van der Waals surface area contributed by atoms with Gasteiger partial charge >= 0.3 is 0 Å². The molecule has 0 radical (unpaired) electrons. The molecule has 5 aromatic rings. The van der Waals surface area contributed by atoms with Crippen molar-refractivity contribution in [3.8, 4) is 11.1 Å². The Kier molecular flexibility index (Phi) is 3.54. The fourth-order valence-electron chi connectivity index (χ4n) is 4.49. The average Bonchev–Trinajstić information content (AvgIpc) is 3.45. The number of anilines is 1. The van der Waals surface area contributed by atoms with E-state index in [0.29, 0.717) is 6.01 Å². The molecule has 2 heterocycles. The third-order valence-electron chi connectivity index (χ3n) is 6.04. The standard InChI is InChI=1S/C25H21N3O/c1-28-13-12-19-14-17(7-10-23(19)28)18-8-11-24-22(15-18)27-25(29-24)26-21-9-6-16-4-2-3-5-20(16)21/h2-5,7-8,10-15,21H,6,9H2,1H3,(H,26,27). The van der Waals surface area contributed by atoms with Crippen LogP contribution in [-0.2, 0) is 13.5 Å². The maximum atomic E-state index is 5.98. The Labute approximate surface area is 168 Å². The van der Waals surface area contributed by atoms with E-state index in [0.717, 1.165) is 29.5 Å². The lowest BCUT2D eigenvalue weighted by atomic mass is 10.0. The SMILES string of the molecule is Cn1ccc2cc(-c3ccc4oc(NC5CCc6ccccc65)nc4c3)ccc21. The Morgan fingerprint density at radius 2 is 1.86 bits per heavy atom. The number of aryl methyl sites for hydroxylation is 2. The largest absolute Gasteiger partial charge is 0.424 e. The zero-order chi connectivity index (χ0) is 19.4. The molecule has 4 heteroatoms. The van der Waals surface area contributed by atoms with E-state index in [9.17, 15) is 0 Å². The number of rotatable bonds is 3. The normalized spacial score (nSPS) is 15.8. The number of nitrogens with one attached hydrogen (secondary N) is 1. The molecule has 1 atom stereocenters. The van der Waals surface area contributed by atoms with Gasteiger partial charge in [0.05, 0.1) is 6.04 Å². The van der Waals surface area contributed by atoms with E-state index in [1.165, 1.54) is 27.6 Å². The molecule has 1 aliphatic rings. The Morgan fingerprint density at radius 3 is 2.83 bits per heavy atom. The summed E-state index contributed by atoms with van der Waals surface area (Å²) in [7, 11) is 2.07. The van der Waals surface area contributed by atoms with Gasteiger partial charge in [0.2, 0.25) is 0 Å². The number of fused-ring (bicyclic) bond motifs is 3. The van der Waals surface area contributed by atoms with E-state index in [1.807, 2.05) is 6.07 Å². The number of oxazole rings is 1. The second-order valence-electron chi connectivity index (χ2n) is 7.84. The number of hydrogen-bond acceptors (Lipinski definition) is 3. The maximum absolute atomic E-state index is 5.98. The molecule has 1 unspecified atom stereocenters. The molecule has 0 saturated carbocycles. The zero-order valence-corrected chi connectivity index (χ0v) is 16.2. The van der Waals surface area contributed by atoms with Gasteiger partial charge in [-0.1, -0.05) is 36.4 Å². The smallest absolute Gasteiger partial charge is 0.296 e. The lowest BCUT2D eigenvalue weighted by Gasteiger charge is -2.11. The minimum absolute atomic E-state index is 0.263. The van der Waals surface area contributed by atoms with Gasteiger partial charge in [-0.2, -0.15) is 4.98 Å². The molecule has 0 bridgehead atoms. The number of benzene rings is 3. The van der Waals surface area contributed by atoms with Crippen LogP contribution in [-0.4, -0.2) is 9.55 Å². The van der Waals surface area contributed by atoms with Crippen LogP contribution in [0.5, 0.6) is 0 Å². The molecule has 6 rings (SSSR count). The lowest BCUT2D eigenvalue weighted by Crippen LogP contribution is -2.06. The van der Waals surface area contributed by atoms with E-state index in [4.69, 9.17) is 9.40 Å². The zero-order valence-electron chi connectivity index (χ0n) is 16.2. The van der Waals surface area contributed by atoms with Gasteiger partial charge in [-0.25, -0.2) is 0 Å². The lowest BCUT2D eigenvalue weighted by molar-refractivity contribution is 0.595. The van der Waals surface area contributed by atoms with Crippen molar-refractivity contribution >= 4 is 28.0 Å². The van der Waals surface area contributed by atoms with E-state index < -0.39 is 0 Å². The molecule has 2 aromatic heterocycles. The molecule has 0 fully saturated rings. The summed E-state index contributed by atoms with van der Waals surface area (Å²) in [6.07, 6.45) is 4.26. The van der Waals surface area contributed by atoms with Crippen molar-refractivity contribution < 1.29 is 4.42 Å². The highest BCUT2D eigenvalue weighted by atomic mass is 16.4. The highest BCUT2D eigenvalue weighted by Gasteiger charge is 2.23. The number of nitrogens with zero attached hydrogens (tertiary/aromatic N) is 2. The van der Waals surface area contributed by atoms with Gasteiger partial charge in [0, 0.05) is 24.1 Å². The van der Waals surface area contributed by atoms with Crippen molar-refractivity contribution in [1.29, 1.82) is 0 Å². The van der Waals surface area contributed by atoms with E-state index in [1.54, 1.807) is 0 Å². The molecule has 3 aromatic carbocycles. The van der Waals surface area contributed by atoms with Crippen molar-refractivity contribution in [3.63, 3.8) is 0 Å². The minimum atomic E-state index is 0.263. The van der Waals surface area contributed by atoms with E-state index in [2.05, 4.69) is 83.8 Å². The molecule has 142 valence electrons. The van der Waals surface area contributed by atoms with E-state index in [-0.39, 0.29) is 6.04 Å². The molecule has 0 amide bonds. The van der Waals surface area contributed by atoms with Crippen molar-refractivity contribution in [1.82, 2.24) is 9.55 Å². The van der Waals surface area contributed by atoms with Crippen molar-refractivity contribution in [2.75, 3.05) is 5.32 Å². The second-order valence-corrected chi connectivity index (χ2v) is 7.84. The van der Waals surface area contributed by atoms with Gasteiger partial charge in [0.25, 0.3) is 6.01 Å². The molecule has 1 N–H and O–H groups in total. The van der Waals surface area contributed by atoms with Crippen LogP contribution >= 0.6 is 0 Å². The van der Waals surface area contributed by atoms with Crippen LogP contribution in [0, 0.1) is 0 Å². The first kappa shape index (κ1) is 16.4. The topological polar surface area (TPSA) is 43.0 Å². The van der Waals surface area contributed by atoms with Crippen molar-refractivity contribution in [3.05, 3.63) is 84.1 Å². The summed E-state index contributed by atoms with van der Waals surface area (Å²) in [5.41, 5.74) is 8.03. The summed E-state index contributed by atoms with van der Waals surface area (Å²) in [5, 5.41) is 4.74. The fraction of sp³-hybridized carbons (Fsp3) is 0.160. The maximum Gasteiger partial charge on any atom is 0.296 e. The minimum Gasteiger partial charge on any atom is -0.424 e. The molecule has 29 heavy (non-hydrogen) atoms. The number of aromatic nitrogens is 2. The first-order valence-electron chi connectivity index (χ1n) is 10.0. The first-order chi connectivity index (χ1) is 14.2. The molecular weight excluding hydrogens is 358 g/mol. The van der Waals surface area contributed by atoms with Gasteiger partial charge in [0.15, 0.2) is 5.58 Å². The fourth-order valence-corrected chi connectivity index (χ4v) is 4.49. The van der Waals surface area contributed by atoms with E-state index >= 15 is 0 Å². The third-order valence-corrected chi connectivity index (χ3v) is 6.04. The molecule has 0 aliphatic heterocycles. The van der Waals surface area contributed by atoms with Gasteiger partial charge < -0.3 is 14.3 Å². The summed E-state index contributed by atoms with van der Waals surface area (Å²) in [4.78, 5) is 4.72. The van der Waals surface area contributed by atoms with Crippen molar-refractivity contribution in [2.45, 2.75) is 18.9 Å². The summed E-state index contributed by atoms with van der Waals surface area (Å²) in [6, 6.07) is 24.4. The van der Waals surface area contributed by atoms with Crippen LogP contribution in [0.2, 0.25) is 0 Å². The van der Waals surface area contributed by atoms with Gasteiger partial charge in [-0.3, -0.25) is 0 Å². The molecule has 0 spiro atoms. The summed E-state index contributed by atoms with van der Waals surface area (Å²) in [5.74, 6) is 0. The van der Waals surface area contributed by atoms with Crippen LogP contribution in [0.15, 0.2) is 77.3 Å². The highest BCUT2D eigenvalue weighted by molar-refractivity contribution is 5.88. The molecule has 4 nitrogen and oxygen atoms in total.